The summed E-state index contributed by atoms with van der Waals surface area (Å²) < 4.78 is 0. The Hall–Kier alpha value is -1.68. The smallest absolute Gasteiger partial charge is 0.137 e. The summed E-state index contributed by atoms with van der Waals surface area (Å²) in [6, 6.07) is 11.2. The molecule has 0 bridgehead atoms. The fourth-order valence-electron chi connectivity index (χ4n) is 2.36. The second-order valence-electron chi connectivity index (χ2n) is 5.10. The molecule has 2 aromatic rings. The Kier molecular flexibility index (Phi) is 6.24. The van der Waals surface area contributed by atoms with E-state index in [9.17, 15) is 0 Å². The maximum absolute atomic E-state index is 4.15. The molecule has 0 fully saturated rings. The van der Waals surface area contributed by atoms with Crippen LogP contribution in [0.5, 0.6) is 0 Å². The lowest BCUT2D eigenvalue weighted by Gasteiger charge is -2.19. The van der Waals surface area contributed by atoms with Gasteiger partial charge in [0.2, 0.25) is 0 Å². The average molecular weight is 272 g/mol. The van der Waals surface area contributed by atoms with Gasteiger partial charge in [0.15, 0.2) is 0 Å². The summed E-state index contributed by atoms with van der Waals surface area (Å²) in [6.45, 7) is 3.25. The third-order valence-corrected chi connectivity index (χ3v) is 3.49. The van der Waals surface area contributed by atoms with Crippen molar-refractivity contribution in [2.75, 3.05) is 6.54 Å². The van der Waals surface area contributed by atoms with Crippen LogP contribution >= 0.6 is 0 Å². The lowest BCUT2D eigenvalue weighted by Crippen LogP contribution is -2.23. The largest absolute Gasteiger partial charge is 0.310 e. The number of hydrogen-bond acceptors (Lipinski definition) is 3. The predicted octanol–water partition coefficient (Wildman–Crippen LogP) is 3.26. The molecule has 0 aliphatic heterocycles. The second-order valence-corrected chi connectivity index (χ2v) is 5.10. The lowest BCUT2D eigenvalue weighted by molar-refractivity contribution is 0.474. The van der Waals surface area contributed by atoms with Crippen molar-refractivity contribution in [2.24, 2.45) is 0 Å². The van der Waals surface area contributed by atoms with E-state index in [1.807, 2.05) is 0 Å². The van der Waals surface area contributed by atoms with Gasteiger partial charge in [0, 0.05) is 12.5 Å². The molecule has 1 aromatic carbocycles. The quantitative estimate of drug-likeness (QED) is 0.689. The van der Waals surface area contributed by atoms with Crippen LogP contribution in [0.2, 0.25) is 0 Å². The van der Waals surface area contributed by atoms with E-state index in [0.29, 0.717) is 6.04 Å². The first-order valence-electron chi connectivity index (χ1n) is 7.52. The van der Waals surface area contributed by atoms with Crippen molar-refractivity contribution in [3.63, 3.8) is 0 Å². The van der Waals surface area contributed by atoms with Gasteiger partial charge in [0.05, 0.1) is 0 Å². The first kappa shape index (κ1) is 14.7. The number of aryl methyl sites for hydroxylation is 1. The van der Waals surface area contributed by atoms with Crippen molar-refractivity contribution in [3.8, 4) is 0 Å². The molecule has 0 aliphatic rings. The Morgan fingerprint density at radius 3 is 2.75 bits per heavy atom. The fourth-order valence-corrected chi connectivity index (χ4v) is 2.36. The maximum atomic E-state index is 4.15. The minimum Gasteiger partial charge on any atom is -0.310 e. The SMILES string of the molecule is CCCCC(NCCCc1ncn[nH]1)c1ccccc1. The first-order chi connectivity index (χ1) is 9.90. The first-order valence-corrected chi connectivity index (χ1v) is 7.52. The van der Waals surface area contributed by atoms with Crippen molar-refractivity contribution in [3.05, 3.63) is 48.0 Å². The third-order valence-electron chi connectivity index (χ3n) is 3.49. The molecule has 1 heterocycles. The average Bonchev–Trinajstić information content (AvgIpc) is 3.01. The van der Waals surface area contributed by atoms with Gasteiger partial charge in [0.25, 0.3) is 0 Å². The Morgan fingerprint density at radius 2 is 2.05 bits per heavy atom. The lowest BCUT2D eigenvalue weighted by atomic mass is 10.0. The molecule has 2 rings (SSSR count). The van der Waals surface area contributed by atoms with Gasteiger partial charge < -0.3 is 5.32 Å². The number of rotatable bonds is 9. The molecule has 0 spiro atoms. The van der Waals surface area contributed by atoms with Gasteiger partial charge in [0.1, 0.15) is 12.2 Å². The van der Waals surface area contributed by atoms with Gasteiger partial charge in [-0.05, 0) is 24.9 Å². The minimum absolute atomic E-state index is 0.464. The zero-order valence-corrected chi connectivity index (χ0v) is 12.2. The molecule has 1 aromatic heterocycles. The van der Waals surface area contributed by atoms with E-state index in [1.165, 1.54) is 24.8 Å². The maximum Gasteiger partial charge on any atom is 0.137 e. The van der Waals surface area contributed by atoms with E-state index in [0.717, 1.165) is 25.2 Å². The summed E-state index contributed by atoms with van der Waals surface area (Å²) in [5.41, 5.74) is 1.39. The number of nitrogens with zero attached hydrogens (tertiary/aromatic N) is 2. The summed E-state index contributed by atoms with van der Waals surface area (Å²) in [4.78, 5) is 4.15. The monoisotopic (exact) mass is 272 g/mol. The summed E-state index contributed by atoms with van der Waals surface area (Å²) in [5.74, 6) is 0.969. The van der Waals surface area contributed by atoms with E-state index in [-0.39, 0.29) is 0 Å². The molecule has 1 atom stereocenters. The third kappa shape index (κ3) is 4.78. The van der Waals surface area contributed by atoms with Gasteiger partial charge in [-0.15, -0.1) is 0 Å². The standard InChI is InChI=1S/C16H24N4/c1-2-3-10-15(14-8-5-4-6-9-14)17-12-7-11-16-18-13-19-20-16/h4-6,8-9,13,15,17H,2-3,7,10-12H2,1H3,(H,18,19,20). The fraction of sp³-hybridized carbons (Fsp3) is 0.500. The van der Waals surface area contributed by atoms with E-state index < -0.39 is 0 Å². The second kappa shape index (κ2) is 8.48. The van der Waals surface area contributed by atoms with Gasteiger partial charge in [-0.3, -0.25) is 5.10 Å². The molecule has 2 N–H and O–H groups in total. The molecular weight excluding hydrogens is 248 g/mol. The van der Waals surface area contributed by atoms with Gasteiger partial charge in [-0.25, -0.2) is 4.98 Å². The molecule has 0 saturated heterocycles. The Labute approximate surface area is 121 Å². The van der Waals surface area contributed by atoms with Crippen molar-refractivity contribution in [2.45, 2.75) is 45.1 Å². The normalized spacial score (nSPS) is 12.4. The number of aromatic amines is 1. The van der Waals surface area contributed by atoms with Crippen molar-refractivity contribution in [1.82, 2.24) is 20.5 Å². The molecule has 0 aliphatic carbocycles. The summed E-state index contributed by atoms with van der Waals surface area (Å²) in [6.07, 6.45) is 7.28. The van der Waals surface area contributed by atoms with Crippen LogP contribution in [0.1, 0.15) is 50.0 Å². The zero-order chi connectivity index (χ0) is 14.0. The number of H-pyrrole nitrogens is 1. The summed E-state index contributed by atoms with van der Waals surface area (Å²) in [5, 5.41) is 10.4. The molecule has 20 heavy (non-hydrogen) atoms. The molecule has 1 unspecified atom stereocenters. The van der Waals surface area contributed by atoms with E-state index in [1.54, 1.807) is 6.33 Å². The summed E-state index contributed by atoms with van der Waals surface area (Å²) in [7, 11) is 0. The van der Waals surface area contributed by atoms with Crippen LogP contribution in [0.25, 0.3) is 0 Å². The Morgan fingerprint density at radius 1 is 1.20 bits per heavy atom. The molecule has 0 saturated carbocycles. The molecule has 108 valence electrons. The van der Waals surface area contributed by atoms with Crippen LogP contribution in [0.15, 0.2) is 36.7 Å². The van der Waals surface area contributed by atoms with E-state index >= 15 is 0 Å². The van der Waals surface area contributed by atoms with Crippen LogP contribution in [0, 0.1) is 0 Å². The number of hydrogen-bond donors (Lipinski definition) is 2. The van der Waals surface area contributed by atoms with Crippen molar-refractivity contribution >= 4 is 0 Å². The van der Waals surface area contributed by atoms with Crippen molar-refractivity contribution in [1.29, 1.82) is 0 Å². The number of benzene rings is 1. The molecule has 0 radical (unpaired) electrons. The number of aromatic nitrogens is 3. The number of nitrogens with one attached hydrogen (secondary N) is 2. The van der Waals surface area contributed by atoms with Crippen LogP contribution in [-0.4, -0.2) is 21.7 Å². The van der Waals surface area contributed by atoms with E-state index in [2.05, 4.69) is 57.8 Å². The zero-order valence-electron chi connectivity index (χ0n) is 12.2. The van der Waals surface area contributed by atoms with Crippen molar-refractivity contribution < 1.29 is 0 Å². The molecule has 4 heteroatoms. The highest BCUT2D eigenvalue weighted by Crippen LogP contribution is 2.19. The predicted molar refractivity (Wildman–Crippen MR) is 81.4 cm³/mol. The van der Waals surface area contributed by atoms with Gasteiger partial charge in [-0.2, -0.15) is 5.10 Å². The highest BCUT2D eigenvalue weighted by atomic mass is 15.2. The molecular formula is C16H24N4. The van der Waals surface area contributed by atoms with Gasteiger partial charge >= 0.3 is 0 Å². The highest BCUT2D eigenvalue weighted by molar-refractivity contribution is 5.18. The minimum atomic E-state index is 0.464. The Bertz CT molecular complexity index is 453. The Balaban J connectivity index is 1.78. The van der Waals surface area contributed by atoms with E-state index in [4.69, 9.17) is 0 Å². The van der Waals surface area contributed by atoms with Crippen LogP contribution in [-0.2, 0) is 6.42 Å². The number of unbranched alkanes of at least 4 members (excludes halogenated alkanes) is 1. The van der Waals surface area contributed by atoms with Crippen LogP contribution < -0.4 is 5.32 Å². The highest BCUT2D eigenvalue weighted by Gasteiger charge is 2.09. The topological polar surface area (TPSA) is 53.6 Å². The molecule has 4 nitrogen and oxygen atoms in total. The molecule has 0 amide bonds. The van der Waals surface area contributed by atoms with Crippen LogP contribution in [0.4, 0.5) is 0 Å². The van der Waals surface area contributed by atoms with Crippen LogP contribution in [0.3, 0.4) is 0 Å². The van der Waals surface area contributed by atoms with Gasteiger partial charge in [-0.1, -0.05) is 50.1 Å². The summed E-state index contributed by atoms with van der Waals surface area (Å²) >= 11 is 0.